The summed E-state index contributed by atoms with van der Waals surface area (Å²) in [6.07, 6.45) is 19.5. The molecule has 0 heterocycles. The van der Waals surface area contributed by atoms with Gasteiger partial charge in [-0.25, -0.2) is 0 Å². The van der Waals surface area contributed by atoms with Gasteiger partial charge in [0, 0.05) is 6.04 Å². The van der Waals surface area contributed by atoms with Gasteiger partial charge in [0.2, 0.25) is 0 Å². The van der Waals surface area contributed by atoms with Crippen molar-refractivity contribution >= 4 is 0 Å². The molecule has 2 aliphatic rings. The average molecular weight is 273 g/mol. The molecule has 0 aromatic heterocycles. The van der Waals surface area contributed by atoms with Crippen LogP contribution in [0.5, 0.6) is 0 Å². The first-order valence-corrected chi connectivity index (χ1v) is 8.50. The van der Waals surface area contributed by atoms with E-state index in [2.05, 4.69) is 38.2 Å². The van der Waals surface area contributed by atoms with Gasteiger partial charge in [0.25, 0.3) is 0 Å². The predicted molar refractivity (Wildman–Crippen MR) is 88.5 cm³/mol. The third-order valence-electron chi connectivity index (χ3n) is 5.03. The lowest BCUT2D eigenvalue weighted by Gasteiger charge is -2.23. The highest BCUT2D eigenvalue weighted by Crippen LogP contribution is 2.35. The van der Waals surface area contributed by atoms with Gasteiger partial charge in [0.05, 0.1) is 0 Å². The first-order valence-electron chi connectivity index (χ1n) is 8.50. The summed E-state index contributed by atoms with van der Waals surface area (Å²) < 4.78 is 0. The minimum absolute atomic E-state index is 0.423. The number of rotatable bonds is 5. The molecule has 1 heteroatoms. The highest BCUT2D eigenvalue weighted by atomic mass is 14.6. The van der Waals surface area contributed by atoms with E-state index in [9.17, 15) is 0 Å². The van der Waals surface area contributed by atoms with E-state index >= 15 is 0 Å². The lowest BCUT2D eigenvalue weighted by Crippen LogP contribution is -2.18. The summed E-state index contributed by atoms with van der Waals surface area (Å²) in [6, 6.07) is 0.423. The van der Waals surface area contributed by atoms with Gasteiger partial charge in [-0.3, -0.25) is 0 Å². The van der Waals surface area contributed by atoms with E-state index in [1.165, 1.54) is 51.4 Å². The average Bonchev–Trinajstić information content (AvgIpc) is 2.65. The van der Waals surface area contributed by atoms with Crippen LogP contribution in [0.1, 0.15) is 65.2 Å². The zero-order valence-corrected chi connectivity index (χ0v) is 13.3. The van der Waals surface area contributed by atoms with Crippen LogP contribution >= 0.6 is 0 Å². The Labute approximate surface area is 125 Å². The maximum atomic E-state index is 6.12. The summed E-state index contributed by atoms with van der Waals surface area (Å²) in [5.41, 5.74) is 9.43. The first kappa shape index (κ1) is 15.6. The molecule has 0 aromatic carbocycles. The van der Waals surface area contributed by atoms with E-state index in [1.807, 2.05) is 0 Å². The predicted octanol–water partition coefficient (Wildman–Crippen LogP) is 5.14. The van der Waals surface area contributed by atoms with Crippen molar-refractivity contribution in [1.29, 1.82) is 0 Å². The summed E-state index contributed by atoms with van der Waals surface area (Å²) in [5.74, 6) is 1.54. The molecule has 0 saturated carbocycles. The second-order valence-electron chi connectivity index (χ2n) is 6.56. The molecule has 0 saturated heterocycles. The minimum atomic E-state index is 0.423. The molecule has 2 aliphatic carbocycles. The lowest BCUT2D eigenvalue weighted by atomic mass is 9.83. The smallest absolute Gasteiger partial charge is 0.00450 e. The molecule has 2 rings (SSSR count). The van der Waals surface area contributed by atoms with Gasteiger partial charge in [0.1, 0.15) is 0 Å². The van der Waals surface area contributed by atoms with E-state index in [1.54, 1.807) is 11.1 Å². The molecule has 0 aromatic rings. The zero-order valence-electron chi connectivity index (χ0n) is 13.3. The number of hydrogen-bond donors (Lipinski definition) is 1. The van der Waals surface area contributed by atoms with Crippen LogP contribution in [0.15, 0.2) is 35.5 Å². The molecule has 3 atom stereocenters. The standard InChI is InChI=1S/C19H31N/c1-3-5-15(4-2)6-7-16-8-9-17-10-12-19(20)13-11-18(17)14-16/h3,5,8-9,15-16,19H,4,6-7,10-14,20H2,1-2H3/b5-3-. The van der Waals surface area contributed by atoms with Gasteiger partial charge in [-0.2, -0.15) is 0 Å². The van der Waals surface area contributed by atoms with Crippen LogP contribution in [0.3, 0.4) is 0 Å². The third kappa shape index (κ3) is 4.34. The van der Waals surface area contributed by atoms with Crippen molar-refractivity contribution in [2.24, 2.45) is 17.6 Å². The number of hydrogen-bond acceptors (Lipinski definition) is 1. The van der Waals surface area contributed by atoms with Crippen LogP contribution in [-0.2, 0) is 0 Å². The zero-order chi connectivity index (χ0) is 14.4. The van der Waals surface area contributed by atoms with Crippen molar-refractivity contribution in [3.63, 3.8) is 0 Å². The van der Waals surface area contributed by atoms with Crippen LogP contribution in [0, 0.1) is 11.8 Å². The molecule has 2 N–H and O–H groups in total. The first-order chi connectivity index (χ1) is 9.72. The van der Waals surface area contributed by atoms with E-state index < -0.39 is 0 Å². The third-order valence-corrected chi connectivity index (χ3v) is 5.03. The molecule has 0 radical (unpaired) electrons. The highest BCUT2D eigenvalue weighted by molar-refractivity contribution is 5.32. The summed E-state index contributed by atoms with van der Waals surface area (Å²) in [5, 5.41) is 0. The highest BCUT2D eigenvalue weighted by Gasteiger charge is 2.20. The second kappa shape index (κ2) is 7.83. The van der Waals surface area contributed by atoms with Crippen LogP contribution in [0.4, 0.5) is 0 Å². The van der Waals surface area contributed by atoms with Crippen molar-refractivity contribution < 1.29 is 0 Å². The Morgan fingerprint density at radius 3 is 2.90 bits per heavy atom. The van der Waals surface area contributed by atoms with Crippen molar-refractivity contribution in [1.82, 2.24) is 0 Å². The fourth-order valence-electron chi connectivity index (χ4n) is 3.59. The molecular weight excluding hydrogens is 242 g/mol. The summed E-state index contributed by atoms with van der Waals surface area (Å²) in [4.78, 5) is 0. The Morgan fingerprint density at radius 2 is 2.15 bits per heavy atom. The molecular formula is C19H31N. The maximum absolute atomic E-state index is 6.12. The van der Waals surface area contributed by atoms with Gasteiger partial charge < -0.3 is 5.73 Å². The van der Waals surface area contributed by atoms with Gasteiger partial charge in [-0.15, -0.1) is 0 Å². The largest absolute Gasteiger partial charge is 0.328 e. The Hall–Kier alpha value is -0.820. The topological polar surface area (TPSA) is 26.0 Å². The van der Waals surface area contributed by atoms with Crippen molar-refractivity contribution in [3.8, 4) is 0 Å². The molecule has 0 spiro atoms. The Balaban J connectivity index is 1.86. The van der Waals surface area contributed by atoms with Gasteiger partial charge >= 0.3 is 0 Å². The Kier molecular flexibility index (Phi) is 6.09. The van der Waals surface area contributed by atoms with Crippen molar-refractivity contribution in [3.05, 3.63) is 35.5 Å². The molecule has 3 unspecified atom stereocenters. The number of nitrogens with two attached hydrogens (primary N) is 1. The Morgan fingerprint density at radius 1 is 1.35 bits per heavy atom. The van der Waals surface area contributed by atoms with Crippen LogP contribution in [0.2, 0.25) is 0 Å². The van der Waals surface area contributed by atoms with Crippen LogP contribution in [0.25, 0.3) is 0 Å². The van der Waals surface area contributed by atoms with Gasteiger partial charge in [-0.05, 0) is 75.7 Å². The van der Waals surface area contributed by atoms with E-state index in [-0.39, 0.29) is 0 Å². The monoisotopic (exact) mass is 273 g/mol. The minimum Gasteiger partial charge on any atom is -0.328 e. The fourth-order valence-corrected chi connectivity index (χ4v) is 3.59. The van der Waals surface area contributed by atoms with E-state index in [0.29, 0.717) is 6.04 Å². The molecule has 0 fully saturated rings. The molecule has 1 nitrogen and oxygen atoms in total. The summed E-state index contributed by atoms with van der Waals surface area (Å²) in [6.45, 7) is 4.43. The van der Waals surface area contributed by atoms with E-state index in [0.717, 1.165) is 11.8 Å². The van der Waals surface area contributed by atoms with Gasteiger partial charge in [0.15, 0.2) is 0 Å². The normalized spacial score (nSPS) is 28.6. The molecule has 0 aliphatic heterocycles. The SMILES string of the molecule is C/C=C\C(CC)CCC1C=CC2=C(CCC(N)CC2)C1. The fraction of sp³-hybridized carbons (Fsp3) is 0.684. The lowest BCUT2D eigenvalue weighted by molar-refractivity contribution is 0.467. The van der Waals surface area contributed by atoms with Crippen molar-refractivity contribution in [2.75, 3.05) is 0 Å². The summed E-state index contributed by atoms with van der Waals surface area (Å²) in [7, 11) is 0. The molecule has 112 valence electrons. The Bertz CT molecular complexity index is 389. The number of allylic oxidation sites excluding steroid dienone is 6. The second-order valence-corrected chi connectivity index (χ2v) is 6.56. The van der Waals surface area contributed by atoms with Crippen LogP contribution in [-0.4, -0.2) is 6.04 Å². The van der Waals surface area contributed by atoms with E-state index in [4.69, 9.17) is 5.73 Å². The van der Waals surface area contributed by atoms with Crippen molar-refractivity contribution in [2.45, 2.75) is 71.3 Å². The summed E-state index contributed by atoms with van der Waals surface area (Å²) >= 11 is 0. The molecule has 0 bridgehead atoms. The molecule has 20 heavy (non-hydrogen) atoms. The van der Waals surface area contributed by atoms with Crippen LogP contribution < -0.4 is 5.73 Å². The maximum Gasteiger partial charge on any atom is 0.00450 e. The van der Waals surface area contributed by atoms with Gasteiger partial charge in [-0.1, -0.05) is 36.8 Å². The molecule has 0 amide bonds. The quantitative estimate of drug-likeness (QED) is 0.689.